The minimum absolute atomic E-state index is 0.0563. The number of aliphatic hydroxyl groups excluding tert-OH is 1. The predicted octanol–water partition coefficient (Wildman–Crippen LogP) is 1.69. The molecule has 0 amide bonds. The van der Waals surface area contributed by atoms with Gasteiger partial charge in [-0.05, 0) is 32.1 Å². The van der Waals surface area contributed by atoms with Crippen LogP contribution in [0.2, 0.25) is 0 Å². The van der Waals surface area contributed by atoms with E-state index in [1.165, 1.54) is 0 Å². The van der Waals surface area contributed by atoms with E-state index in [4.69, 9.17) is 4.74 Å². The summed E-state index contributed by atoms with van der Waals surface area (Å²) in [6.45, 7) is 4.56. The number of ether oxygens (including phenoxy) is 1. The van der Waals surface area contributed by atoms with Crippen LogP contribution in [-0.2, 0) is 4.74 Å². The summed E-state index contributed by atoms with van der Waals surface area (Å²) in [6.07, 6.45) is 5.62. The van der Waals surface area contributed by atoms with E-state index >= 15 is 0 Å². The Morgan fingerprint density at radius 1 is 1.19 bits per heavy atom. The van der Waals surface area contributed by atoms with Crippen molar-refractivity contribution in [2.75, 3.05) is 7.11 Å². The van der Waals surface area contributed by atoms with Gasteiger partial charge in [-0.15, -0.1) is 0 Å². The molecule has 0 radical (unpaired) electrons. The molecule has 2 unspecified atom stereocenters. The van der Waals surface area contributed by atoms with Crippen LogP contribution in [-0.4, -0.2) is 36.5 Å². The van der Waals surface area contributed by atoms with Gasteiger partial charge in [-0.1, -0.05) is 13.8 Å². The molecule has 0 bridgehead atoms. The van der Waals surface area contributed by atoms with Crippen molar-refractivity contribution in [3.8, 4) is 0 Å². The van der Waals surface area contributed by atoms with E-state index in [9.17, 15) is 5.11 Å². The van der Waals surface area contributed by atoms with E-state index < -0.39 is 0 Å². The molecular formula is C13H25NO2. The van der Waals surface area contributed by atoms with Gasteiger partial charge in [0.15, 0.2) is 0 Å². The fourth-order valence-electron chi connectivity index (χ4n) is 3.10. The fraction of sp³-hybridized carbons (Fsp3) is 1.00. The summed E-state index contributed by atoms with van der Waals surface area (Å²) in [5, 5.41) is 13.2. The summed E-state index contributed by atoms with van der Waals surface area (Å²) in [6, 6.07) is 1.18. The molecule has 2 N–H and O–H groups in total. The third-order valence-electron chi connectivity index (χ3n) is 4.60. The Bertz CT molecular complexity index is 234. The SMILES string of the molecule is COC1CC(NC2CCC(O)CC2)C1(C)C. The first-order chi connectivity index (χ1) is 7.54. The van der Waals surface area contributed by atoms with Crippen LogP contribution in [0.4, 0.5) is 0 Å². The molecule has 2 rings (SSSR count). The Morgan fingerprint density at radius 2 is 1.81 bits per heavy atom. The lowest BCUT2D eigenvalue weighted by Gasteiger charge is -2.53. The number of hydrogen-bond acceptors (Lipinski definition) is 3. The molecule has 2 fully saturated rings. The van der Waals surface area contributed by atoms with E-state index in [0.717, 1.165) is 32.1 Å². The number of hydrogen-bond donors (Lipinski definition) is 2. The Hall–Kier alpha value is -0.120. The van der Waals surface area contributed by atoms with Gasteiger partial charge >= 0.3 is 0 Å². The average Bonchev–Trinajstić information content (AvgIpc) is 2.26. The van der Waals surface area contributed by atoms with Crippen LogP contribution < -0.4 is 5.32 Å². The lowest BCUT2D eigenvalue weighted by Crippen LogP contribution is -2.62. The summed E-state index contributed by atoms with van der Waals surface area (Å²) >= 11 is 0. The summed E-state index contributed by atoms with van der Waals surface area (Å²) < 4.78 is 5.46. The Kier molecular flexibility index (Phi) is 3.57. The molecule has 16 heavy (non-hydrogen) atoms. The zero-order valence-electron chi connectivity index (χ0n) is 10.7. The summed E-state index contributed by atoms with van der Waals surface area (Å²) in [4.78, 5) is 0. The quantitative estimate of drug-likeness (QED) is 0.771. The van der Waals surface area contributed by atoms with Crippen LogP contribution in [0, 0.1) is 5.41 Å². The van der Waals surface area contributed by atoms with Crippen LogP contribution in [0.15, 0.2) is 0 Å². The van der Waals surface area contributed by atoms with Gasteiger partial charge in [0.25, 0.3) is 0 Å². The number of aliphatic hydroxyl groups is 1. The molecule has 0 aliphatic heterocycles. The average molecular weight is 227 g/mol. The number of rotatable bonds is 3. The molecule has 2 aliphatic rings. The molecule has 0 heterocycles. The third-order valence-corrected chi connectivity index (χ3v) is 4.60. The molecule has 2 atom stereocenters. The van der Waals surface area contributed by atoms with Crippen molar-refractivity contribution in [2.45, 2.75) is 70.2 Å². The molecule has 0 saturated heterocycles. The first-order valence-electron chi connectivity index (χ1n) is 6.51. The van der Waals surface area contributed by atoms with Crippen molar-refractivity contribution in [1.82, 2.24) is 5.32 Å². The van der Waals surface area contributed by atoms with Gasteiger partial charge in [0.05, 0.1) is 12.2 Å². The summed E-state index contributed by atoms with van der Waals surface area (Å²) in [7, 11) is 1.81. The lowest BCUT2D eigenvalue weighted by molar-refractivity contribution is -0.102. The minimum atomic E-state index is -0.0563. The summed E-state index contributed by atoms with van der Waals surface area (Å²) in [5.74, 6) is 0. The molecule has 0 aromatic rings. The van der Waals surface area contributed by atoms with E-state index in [2.05, 4.69) is 19.2 Å². The second-order valence-electron chi connectivity index (χ2n) is 6.01. The Morgan fingerprint density at radius 3 is 2.31 bits per heavy atom. The predicted molar refractivity (Wildman–Crippen MR) is 64.4 cm³/mol. The topological polar surface area (TPSA) is 41.5 Å². The second kappa shape index (κ2) is 4.63. The Labute approximate surface area is 98.6 Å². The van der Waals surface area contributed by atoms with Gasteiger partial charge in [-0.2, -0.15) is 0 Å². The van der Waals surface area contributed by atoms with Crippen molar-refractivity contribution in [1.29, 1.82) is 0 Å². The fourth-order valence-corrected chi connectivity index (χ4v) is 3.10. The van der Waals surface area contributed by atoms with Crippen molar-refractivity contribution in [3.05, 3.63) is 0 Å². The normalized spacial score (nSPS) is 42.8. The second-order valence-corrected chi connectivity index (χ2v) is 6.01. The molecule has 3 heteroatoms. The van der Waals surface area contributed by atoms with Crippen LogP contribution in [0.1, 0.15) is 46.0 Å². The molecule has 0 aromatic carbocycles. The van der Waals surface area contributed by atoms with Gasteiger partial charge in [-0.3, -0.25) is 0 Å². The van der Waals surface area contributed by atoms with Crippen molar-refractivity contribution in [2.24, 2.45) is 5.41 Å². The molecule has 3 nitrogen and oxygen atoms in total. The highest BCUT2D eigenvalue weighted by Gasteiger charge is 2.48. The highest BCUT2D eigenvalue weighted by molar-refractivity contribution is 5.03. The maximum absolute atomic E-state index is 9.47. The summed E-state index contributed by atoms with van der Waals surface area (Å²) in [5.41, 5.74) is 0.255. The van der Waals surface area contributed by atoms with E-state index in [0.29, 0.717) is 18.2 Å². The van der Waals surface area contributed by atoms with Crippen molar-refractivity contribution >= 4 is 0 Å². The maximum atomic E-state index is 9.47. The molecule has 2 saturated carbocycles. The molecule has 0 aromatic heterocycles. The monoisotopic (exact) mass is 227 g/mol. The van der Waals surface area contributed by atoms with Gasteiger partial charge < -0.3 is 15.2 Å². The molecule has 94 valence electrons. The van der Waals surface area contributed by atoms with E-state index in [1.54, 1.807) is 7.11 Å². The van der Waals surface area contributed by atoms with Gasteiger partial charge in [-0.25, -0.2) is 0 Å². The third kappa shape index (κ3) is 2.27. The highest BCUT2D eigenvalue weighted by Crippen LogP contribution is 2.43. The Balaban J connectivity index is 1.79. The largest absolute Gasteiger partial charge is 0.393 e. The van der Waals surface area contributed by atoms with Crippen LogP contribution in [0.25, 0.3) is 0 Å². The standard InChI is InChI=1S/C13H25NO2/c1-13(2)11(8-12(13)16-3)14-9-4-6-10(15)7-5-9/h9-12,14-15H,4-8H2,1-3H3. The van der Waals surface area contributed by atoms with Crippen molar-refractivity contribution < 1.29 is 9.84 Å². The van der Waals surface area contributed by atoms with Crippen LogP contribution >= 0.6 is 0 Å². The number of nitrogens with one attached hydrogen (secondary N) is 1. The van der Waals surface area contributed by atoms with E-state index in [-0.39, 0.29) is 11.5 Å². The van der Waals surface area contributed by atoms with Gasteiger partial charge in [0.1, 0.15) is 0 Å². The lowest BCUT2D eigenvalue weighted by atomic mass is 9.64. The molecular weight excluding hydrogens is 202 g/mol. The van der Waals surface area contributed by atoms with Crippen molar-refractivity contribution in [3.63, 3.8) is 0 Å². The first kappa shape index (κ1) is 12.3. The molecule has 2 aliphatic carbocycles. The highest BCUT2D eigenvalue weighted by atomic mass is 16.5. The van der Waals surface area contributed by atoms with Gasteiger partial charge in [0, 0.05) is 24.6 Å². The zero-order chi connectivity index (χ0) is 11.8. The molecule has 0 spiro atoms. The zero-order valence-corrected chi connectivity index (χ0v) is 10.7. The van der Waals surface area contributed by atoms with Crippen LogP contribution in [0.5, 0.6) is 0 Å². The minimum Gasteiger partial charge on any atom is -0.393 e. The van der Waals surface area contributed by atoms with Crippen LogP contribution in [0.3, 0.4) is 0 Å². The smallest absolute Gasteiger partial charge is 0.0652 e. The first-order valence-corrected chi connectivity index (χ1v) is 6.51. The van der Waals surface area contributed by atoms with Gasteiger partial charge in [0.2, 0.25) is 0 Å². The number of methoxy groups -OCH3 is 1. The van der Waals surface area contributed by atoms with E-state index in [1.807, 2.05) is 0 Å². The maximum Gasteiger partial charge on any atom is 0.0652 e.